The second-order valence-electron chi connectivity index (χ2n) is 7.16. The second kappa shape index (κ2) is 8.10. The van der Waals surface area contributed by atoms with Crippen LogP contribution in [-0.2, 0) is 6.18 Å². The Labute approximate surface area is 174 Å². The average Bonchev–Trinajstić information content (AvgIpc) is 2.74. The van der Waals surface area contributed by atoms with E-state index in [-0.39, 0.29) is 31.1 Å². The quantitative estimate of drug-likeness (QED) is 0.630. The number of aliphatic hydroxyl groups is 1. The Bertz CT molecular complexity index is 1110. The minimum Gasteiger partial charge on any atom is -0.439 e. The molecule has 2 aromatic heterocycles. The Morgan fingerprint density at radius 3 is 2.65 bits per heavy atom. The van der Waals surface area contributed by atoms with Crippen LogP contribution in [0.3, 0.4) is 0 Å². The van der Waals surface area contributed by atoms with Crippen LogP contribution in [-0.4, -0.2) is 51.2 Å². The third-order valence-corrected chi connectivity index (χ3v) is 4.96. The topological polar surface area (TPSA) is 75.5 Å². The first-order valence-corrected chi connectivity index (χ1v) is 9.44. The van der Waals surface area contributed by atoms with Gasteiger partial charge in [0.15, 0.2) is 0 Å². The molecule has 1 saturated heterocycles. The highest BCUT2D eigenvalue weighted by Crippen LogP contribution is 2.30. The zero-order valence-corrected chi connectivity index (χ0v) is 16.0. The number of ether oxygens (including phenoxy) is 1. The molecule has 1 amide bonds. The number of pyridine rings is 2. The van der Waals surface area contributed by atoms with E-state index in [4.69, 9.17) is 4.74 Å². The number of hydrogen-bond acceptors (Lipinski definition) is 5. The molecule has 2 unspecified atom stereocenters. The van der Waals surface area contributed by atoms with Crippen LogP contribution in [0.2, 0.25) is 0 Å². The van der Waals surface area contributed by atoms with Crippen molar-refractivity contribution in [2.24, 2.45) is 0 Å². The van der Waals surface area contributed by atoms with Crippen LogP contribution in [0, 0.1) is 0 Å². The van der Waals surface area contributed by atoms with Crippen LogP contribution in [0.15, 0.2) is 48.7 Å². The first kappa shape index (κ1) is 21.0. The third-order valence-electron chi connectivity index (χ3n) is 4.96. The number of fused-ring (bicyclic) bond motifs is 1. The van der Waals surface area contributed by atoms with E-state index >= 15 is 0 Å². The molecule has 1 fully saturated rings. The van der Waals surface area contributed by atoms with Crippen molar-refractivity contribution in [1.82, 2.24) is 14.9 Å². The Morgan fingerprint density at radius 1 is 1.16 bits per heavy atom. The van der Waals surface area contributed by atoms with Crippen molar-refractivity contribution in [2.45, 2.75) is 24.9 Å². The molecule has 10 heteroatoms. The van der Waals surface area contributed by atoms with Gasteiger partial charge in [-0.15, -0.1) is 0 Å². The van der Waals surface area contributed by atoms with Gasteiger partial charge in [0.2, 0.25) is 5.88 Å². The first-order valence-electron chi connectivity index (χ1n) is 9.44. The molecule has 1 aliphatic heterocycles. The van der Waals surface area contributed by atoms with Crippen LogP contribution >= 0.6 is 0 Å². The molecular formula is C21H17F4N3O3. The molecule has 6 nitrogen and oxygen atoms in total. The van der Waals surface area contributed by atoms with Crippen molar-refractivity contribution in [2.75, 3.05) is 13.1 Å². The summed E-state index contributed by atoms with van der Waals surface area (Å²) in [4.78, 5) is 21.9. The van der Waals surface area contributed by atoms with Crippen molar-refractivity contribution >= 4 is 16.8 Å². The molecule has 3 aromatic rings. The number of rotatable bonds is 3. The van der Waals surface area contributed by atoms with Gasteiger partial charge in [0.25, 0.3) is 5.91 Å². The Kier molecular flexibility index (Phi) is 5.48. The number of aliphatic hydroxyl groups excluding tert-OH is 1. The maximum Gasteiger partial charge on any atom is 0.417 e. The lowest BCUT2D eigenvalue weighted by molar-refractivity contribution is -0.137. The molecule has 1 aliphatic rings. The molecule has 0 aliphatic carbocycles. The summed E-state index contributed by atoms with van der Waals surface area (Å²) >= 11 is 0. The minimum absolute atomic E-state index is 0.000157. The number of hydrogen-bond donors (Lipinski definition) is 1. The van der Waals surface area contributed by atoms with E-state index < -0.39 is 29.9 Å². The van der Waals surface area contributed by atoms with Crippen molar-refractivity contribution in [3.05, 3.63) is 59.9 Å². The zero-order chi connectivity index (χ0) is 22.2. The second-order valence-corrected chi connectivity index (χ2v) is 7.16. The fourth-order valence-corrected chi connectivity index (χ4v) is 3.25. The van der Waals surface area contributed by atoms with Gasteiger partial charge in [0.1, 0.15) is 17.6 Å². The number of likely N-dealkylation sites (tertiary alicyclic amines) is 1. The highest BCUT2D eigenvalue weighted by Gasteiger charge is 2.31. The van der Waals surface area contributed by atoms with Crippen LogP contribution in [0.1, 0.15) is 22.5 Å². The normalized spacial score (nSPS) is 19.5. The molecule has 1 N–H and O–H groups in total. The van der Waals surface area contributed by atoms with Crippen molar-refractivity contribution in [3.63, 3.8) is 0 Å². The number of aromatic nitrogens is 2. The molecule has 2 atom stereocenters. The minimum atomic E-state index is -4.48. The molecular weight excluding hydrogens is 418 g/mol. The number of benzene rings is 1. The summed E-state index contributed by atoms with van der Waals surface area (Å²) in [5.74, 6) is -0.0863. The molecule has 0 bridgehead atoms. The van der Waals surface area contributed by atoms with Crippen molar-refractivity contribution < 1.29 is 32.2 Å². The lowest BCUT2D eigenvalue weighted by Crippen LogP contribution is -2.47. The predicted octanol–water partition coefficient (Wildman–Crippen LogP) is 3.99. The van der Waals surface area contributed by atoms with Crippen LogP contribution in [0.25, 0.3) is 10.9 Å². The Balaban J connectivity index is 1.50. The van der Waals surface area contributed by atoms with Gasteiger partial charge in [0.05, 0.1) is 23.7 Å². The Hall–Kier alpha value is -3.27. The van der Waals surface area contributed by atoms with Gasteiger partial charge < -0.3 is 14.7 Å². The van der Waals surface area contributed by atoms with Gasteiger partial charge in [-0.05, 0) is 36.8 Å². The van der Waals surface area contributed by atoms with E-state index in [9.17, 15) is 27.5 Å². The number of carbonyl (C=O) groups is 1. The third kappa shape index (κ3) is 4.58. The maximum absolute atomic E-state index is 13.7. The van der Waals surface area contributed by atoms with Gasteiger partial charge in [-0.1, -0.05) is 6.07 Å². The molecule has 4 rings (SSSR count). The van der Waals surface area contributed by atoms with Gasteiger partial charge in [-0.25, -0.2) is 14.4 Å². The summed E-state index contributed by atoms with van der Waals surface area (Å²) in [6, 6.07) is 9.93. The maximum atomic E-state index is 13.7. The van der Waals surface area contributed by atoms with Gasteiger partial charge >= 0.3 is 6.18 Å². The summed E-state index contributed by atoms with van der Waals surface area (Å²) in [5, 5.41) is 10.1. The van der Waals surface area contributed by atoms with Gasteiger partial charge in [-0.2, -0.15) is 13.2 Å². The number of halogens is 4. The fraction of sp³-hybridized carbons (Fsp3) is 0.286. The zero-order valence-electron chi connectivity index (χ0n) is 16.0. The molecule has 162 valence electrons. The summed E-state index contributed by atoms with van der Waals surface area (Å²) in [5.41, 5.74) is -0.233. The molecule has 31 heavy (non-hydrogen) atoms. The molecule has 0 saturated carbocycles. The highest BCUT2D eigenvalue weighted by molar-refractivity contribution is 5.95. The lowest BCUT2D eigenvalue weighted by Gasteiger charge is -2.32. The van der Waals surface area contributed by atoms with E-state index in [0.717, 1.165) is 12.1 Å². The number of piperidine rings is 1. The van der Waals surface area contributed by atoms with Crippen molar-refractivity contribution in [3.8, 4) is 11.6 Å². The number of amides is 1. The SMILES string of the molecule is O=C(c1ccc2cc(Oc3ccc(C(F)(F)F)cn3)ccc2n1)N1CCC(O)C(F)C1. The largest absolute Gasteiger partial charge is 0.439 e. The summed E-state index contributed by atoms with van der Waals surface area (Å²) in [6.45, 7) is 0.0552. The summed E-state index contributed by atoms with van der Waals surface area (Å²) < 4.78 is 57.1. The smallest absolute Gasteiger partial charge is 0.417 e. The molecule has 3 heterocycles. The summed E-state index contributed by atoms with van der Waals surface area (Å²) in [7, 11) is 0. The first-order chi connectivity index (χ1) is 14.7. The molecule has 1 aromatic carbocycles. The Morgan fingerprint density at radius 2 is 1.97 bits per heavy atom. The van der Waals surface area contributed by atoms with E-state index in [1.54, 1.807) is 24.3 Å². The van der Waals surface area contributed by atoms with Crippen LogP contribution in [0.4, 0.5) is 17.6 Å². The highest BCUT2D eigenvalue weighted by atomic mass is 19.4. The van der Waals surface area contributed by atoms with E-state index in [0.29, 0.717) is 22.8 Å². The summed E-state index contributed by atoms with van der Waals surface area (Å²) in [6.07, 6.45) is -6.17. The van der Waals surface area contributed by atoms with Gasteiger partial charge in [0, 0.05) is 24.2 Å². The van der Waals surface area contributed by atoms with Crippen LogP contribution in [0.5, 0.6) is 11.6 Å². The number of carbonyl (C=O) groups excluding carboxylic acids is 1. The van der Waals surface area contributed by atoms with Gasteiger partial charge in [-0.3, -0.25) is 4.79 Å². The van der Waals surface area contributed by atoms with Crippen molar-refractivity contribution in [1.29, 1.82) is 0 Å². The molecule has 0 spiro atoms. The average molecular weight is 435 g/mol. The fourth-order valence-electron chi connectivity index (χ4n) is 3.25. The van der Waals surface area contributed by atoms with E-state index in [1.165, 1.54) is 11.0 Å². The predicted molar refractivity (Wildman–Crippen MR) is 102 cm³/mol. The van der Waals surface area contributed by atoms with E-state index in [1.807, 2.05) is 0 Å². The van der Waals surface area contributed by atoms with Crippen LogP contribution < -0.4 is 4.74 Å². The number of alkyl halides is 4. The lowest BCUT2D eigenvalue weighted by atomic mass is 10.1. The molecule has 0 radical (unpaired) electrons. The number of nitrogens with zero attached hydrogens (tertiary/aromatic N) is 3. The monoisotopic (exact) mass is 435 g/mol. The van der Waals surface area contributed by atoms with E-state index in [2.05, 4.69) is 9.97 Å². The standard InChI is InChI=1S/C21H17F4N3O3/c22-15-11-28(8-7-18(15)29)20(30)17-4-1-12-9-14(3-5-16(12)27-17)31-19-6-2-13(10-26-19)21(23,24)25/h1-6,9-10,15,18,29H,7-8,11H2.